The first-order valence-corrected chi connectivity index (χ1v) is 6.77. The van der Waals surface area contributed by atoms with Crippen molar-refractivity contribution in [3.05, 3.63) is 22.7 Å². The number of ether oxygens (including phenoxy) is 2. The first kappa shape index (κ1) is 15.1. The molecule has 0 bridgehead atoms. The van der Waals surface area contributed by atoms with Gasteiger partial charge < -0.3 is 15.2 Å². The van der Waals surface area contributed by atoms with E-state index in [9.17, 15) is 0 Å². The van der Waals surface area contributed by atoms with Crippen LogP contribution in [0.2, 0.25) is 5.02 Å². The molecule has 5 heteroatoms. The van der Waals surface area contributed by atoms with E-state index in [1.54, 1.807) is 12.1 Å². The maximum atomic E-state index is 6.17. The Labute approximate surface area is 118 Å². The fourth-order valence-corrected chi connectivity index (χ4v) is 1.81. The molecular weight excluding hydrogens is 270 g/mol. The Morgan fingerprint density at radius 1 is 1.33 bits per heavy atom. The van der Waals surface area contributed by atoms with Gasteiger partial charge in [-0.05, 0) is 25.5 Å². The predicted octanol–water partition coefficient (Wildman–Crippen LogP) is 3.55. The molecule has 1 aromatic rings. The van der Waals surface area contributed by atoms with Crippen molar-refractivity contribution in [1.29, 1.82) is 0 Å². The van der Waals surface area contributed by atoms with Crippen LogP contribution in [0.15, 0.2) is 12.1 Å². The summed E-state index contributed by atoms with van der Waals surface area (Å²) in [6.45, 7) is 5.14. The van der Waals surface area contributed by atoms with Crippen molar-refractivity contribution in [2.75, 3.05) is 13.2 Å². The van der Waals surface area contributed by atoms with Crippen LogP contribution in [0.4, 0.5) is 0 Å². The van der Waals surface area contributed by atoms with Crippen LogP contribution in [-0.2, 0) is 0 Å². The number of halogens is 1. The summed E-state index contributed by atoms with van der Waals surface area (Å²) in [5.41, 5.74) is 6.28. The molecule has 0 aliphatic rings. The fourth-order valence-electron chi connectivity index (χ4n) is 1.43. The molecule has 0 spiro atoms. The number of nitrogens with two attached hydrogens (primary N) is 1. The van der Waals surface area contributed by atoms with Gasteiger partial charge in [0.15, 0.2) is 11.5 Å². The highest BCUT2D eigenvalue weighted by Crippen LogP contribution is 2.36. The highest BCUT2D eigenvalue weighted by atomic mass is 35.5. The van der Waals surface area contributed by atoms with Crippen molar-refractivity contribution in [1.82, 2.24) is 0 Å². The van der Waals surface area contributed by atoms with Gasteiger partial charge >= 0.3 is 0 Å². The second kappa shape index (κ2) is 7.44. The zero-order valence-electron chi connectivity index (χ0n) is 10.7. The Morgan fingerprint density at radius 2 is 2.06 bits per heavy atom. The van der Waals surface area contributed by atoms with Crippen molar-refractivity contribution in [3.63, 3.8) is 0 Å². The van der Waals surface area contributed by atoms with Gasteiger partial charge in [-0.1, -0.05) is 37.2 Å². The molecule has 3 nitrogen and oxygen atoms in total. The Hall–Kier alpha value is -1.00. The lowest BCUT2D eigenvalue weighted by atomic mass is 10.2. The summed E-state index contributed by atoms with van der Waals surface area (Å²) in [6, 6.07) is 3.46. The van der Waals surface area contributed by atoms with Crippen LogP contribution in [0.25, 0.3) is 0 Å². The molecule has 0 aliphatic heterocycles. The van der Waals surface area contributed by atoms with Crippen LogP contribution >= 0.6 is 23.8 Å². The first-order valence-electron chi connectivity index (χ1n) is 5.99. The molecule has 0 amide bonds. The van der Waals surface area contributed by atoms with E-state index in [1.165, 1.54) is 0 Å². The number of rotatable bonds is 7. The van der Waals surface area contributed by atoms with Crippen molar-refractivity contribution >= 4 is 28.8 Å². The molecule has 0 heterocycles. The van der Waals surface area contributed by atoms with Crippen LogP contribution in [-0.4, -0.2) is 18.2 Å². The molecular formula is C13H18ClNO2S. The molecule has 18 heavy (non-hydrogen) atoms. The van der Waals surface area contributed by atoms with Crippen LogP contribution in [0.3, 0.4) is 0 Å². The summed E-state index contributed by atoms with van der Waals surface area (Å²) in [4.78, 5) is 0.290. The Bertz CT molecular complexity index is 424. The average molecular weight is 288 g/mol. The molecule has 0 saturated heterocycles. The van der Waals surface area contributed by atoms with Gasteiger partial charge in [0.05, 0.1) is 18.2 Å². The number of thiocarbonyl (C=S) groups is 1. The normalized spacial score (nSPS) is 10.2. The second-order valence-electron chi connectivity index (χ2n) is 3.78. The van der Waals surface area contributed by atoms with E-state index in [0.29, 0.717) is 35.3 Å². The summed E-state index contributed by atoms with van der Waals surface area (Å²) >= 11 is 11.1. The Kier molecular flexibility index (Phi) is 6.22. The minimum atomic E-state index is 0.290. The third-order valence-corrected chi connectivity index (χ3v) is 2.85. The van der Waals surface area contributed by atoms with Crippen molar-refractivity contribution in [2.45, 2.75) is 26.7 Å². The SMILES string of the molecule is CCCCOc1c(Cl)cc(C(N)=S)cc1OCC. The number of hydrogen-bond acceptors (Lipinski definition) is 3. The zero-order valence-corrected chi connectivity index (χ0v) is 12.2. The molecule has 0 radical (unpaired) electrons. The third kappa shape index (κ3) is 4.03. The maximum absolute atomic E-state index is 6.17. The molecule has 0 aromatic heterocycles. The van der Waals surface area contributed by atoms with Gasteiger partial charge in [-0.15, -0.1) is 0 Å². The summed E-state index contributed by atoms with van der Waals surface area (Å²) in [7, 11) is 0. The van der Waals surface area contributed by atoms with Gasteiger partial charge in [-0.3, -0.25) is 0 Å². The van der Waals surface area contributed by atoms with E-state index in [-0.39, 0.29) is 4.99 Å². The summed E-state index contributed by atoms with van der Waals surface area (Å²) < 4.78 is 11.2. The molecule has 0 fully saturated rings. The van der Waals surface area contributed by atoms with E-state index in [4.69, 9.17) is 39.0 Å². The zero-order chi connectivity index (χ0) is 13.5. The van der Waals surface area contributed by atoms with Crippen molar-refractivity contribution in [3.8, 4) is 11.5 Å². The average Bonchev–Trinajstić information content (AvgIpc) is 2.32. The molecule has 100 valence electrons. The quantitative estimate of drug-likeness (QED) is 0.615. The van der Waals surface area contributed by atoms with Crippen LogP contribution in [0.5, 0.6) is 11.5 Å². The van der Waals surface area contributed by atoms with Crippen LogP contribution < -0.4 is 15.2 Å². The highest BCUT2D eigenvalue weighted by molar-refractivity contribution is 7.80. The maximum Gasteiger partial charge on any atom is 0.179 e. The van der Waals surface area contributed by atoms with Gasteiger partial charge in [0.2, 0.25) is 0 Å². The molecule has 2 N–H and O–H groups in total. The predicted molar refractivity (Wildman–Crippen MR) is 78.9 cm³/mol. The molecule has 0 unspecified atom stereocenters. The minimum Gasteiger partial charge on any atom is -0.490 e. The Balaban J connectivity index is 3.02. The van der Waals surface area contributed by atoms with Gasteiger partial charge in [0.1, 0.15) is 4.99 Å². The van der Waals surface area contributed by atoms with Gasteiger partial charge in [-0.25, -0.2) is 0 Å². The summed E-state index contributed by atoms with van der Waals surface area (Å²) in [6.07, 6.45) is 2.03. The molecule has 0 atom stereocenters. The monoisotopic (exact) mass is 287 g/mol. The number of benzene rings is 1. The lowest BCUT2D eigenvalue weighted by Gasteiger charge is -2.14. The highest BCUT2D eigenvalue weighted by Gasteiger charge is 2.13. The summed E-state index contributed by atoms with van der Waals surface area (Å²) in [5.74, 6) is 1.15. The summed E-state index contributed by atoms with van der Waals surface area (Å²) in [5, 5.41) is 0.472. The molecule has 1 rings (SSSR count). The smallest absolute Gasteiger partial charge is 0.179 e. The number of hydrogen-bond donors (Lipinski definition) is 1. The van der Waals surface area contributed by atoms with E-state index < -0.39 is 0 Å². The molecule has 1 aromatic carbocycles. The first-order chi connectivity index (χ1) is 8.60. The topological polar surface area (TPSA) is 44.5 Å². The lowest BCUT2D eigenvalue weighted by Crippen LogP contribution is -2.10. The third-order valence-electron chi connectivity index (χ3n) is 2.34. The van der Waals surface area contributed by atoms with E-state index in [1.807, 2.05) is 6.92 Å². The van der Waals surface area contributed by atoms with E-state index in [2.05, 4.69) is 6.92 Å². The van der Waals surface area contributed by atoms with Crippen molar-refractivity contribution in [2.24, 2.45) is 5.73 Å². The number of unbranched alkanes of at least 4 members (excludes halogenated alkanes) is 1. The van der Waals surface area contributed by atoms with Gasteiger partial charge in [-0.2, -0.15) is 0 Å². The van der Waals surface area contributed by atoms with E-state index >= 15 is 0 Å². The fraction of sp³-hybridized carbons (Fsp3) is 0.462. The molecule has 0 aliphatic carbocycles. The van der Waals surface area contributed by atoms with Crippen LogP contribution in [0.1, 0.15) is 32.3 Å². The van der Waals surface area contributed by atoms with Gasteiger partial charge in [0.25, 0.3) is 0 Å². The van der Waals surface area contributed by atoms with Crippen LogP contribution in [0, 0.1) is 0 Å². The van der Waals surface area contributed by atoms with E-state index in [0.717, 1.165) is 12.8 Å². The largest absolute Gasteiger partial charge is 0.490 e. The van der Waals surface area contributed by atoms with Gasteiger partial charge in [0, 0.05) is 5.56 Å². The molecule has 0 saturated carbocycles. The lowest BCUT2D eigenvalue weighted by molar-refractivity contribution is 0.273. The van der Waals surface area contributed by atoms with Crippen molar-refractivity contribution < 1.29 is 9.47 Å². The second-order valence-corrected chi connectivity index (χ2v) is 4.63. The minimum absolute atomic E-state index is 0.290. The Morgan fingerprint density at radius 3 is 2.61 bits per heavy atom. The standard InChI is InChI=1S/C13H18ClNO2S/c1-3-5-6-17-12-10(14)7-9(13(15)18)8-11(12)16-4-2/h7-8H,3-6H2,1-2H3,(H2,15,18).